The number of amides is 1. The molecule has 2 atom stereocenters. The number of hydrazine groups is 1. The molecule has 2 aliphatic rings. The summed E-state index contributed by atoms with van der Waals surface area (Å²) in [6.07, 6.45) is 1.43. The van der Waals surface area contributed by atoms with Crippen molar-refractivity contribution in [1.82, 2.24) is 15.0 Å². The molecule has 3 heterocycles. The Balaban J connectivity index is 1.93. The van der Waals surface area contributed by atoms with E-state index in [9.17, 15) is 13.6 Å². The Labute approximate surface area is 123 Å². The lowest BCUT2D eigenvalue weighted by atomic mass is 9.90. The molecule has 2 saturated heterocycles. The second kappa shape index (κ2) is 4.73. The van der Waals surface area contributed by atoms with E-state index in [0.717, 1.165) is 16.5 Å². The highest BCUT2D eigenvalue weighted by Crippen LogP contribution is 2.44. The Hall–Kier alpha value is -1.08. The van der Waals surface area contributed by atoms with Crippen molar-refractivity contribution in [3.05, 3.63) is 28.5 Å². The third-order valence-electron chi connectivity index (χ3n) is 4.06. The van der Waals surface area contributed by atoms with Gasteiger partial charge < -0.3 is 0 Å². The van der Waals surface area contributed by atoms with Crippen LogP contribution in [0.4, 0.5) is 8.78 Å². The summed E-state index contributed by atoms with van der Waals surface area (Å²) in [4.78, 5) is 16.5. The lowest BCUT2D eigenvalue weighted by Gasteiger charge is -2.26. The van der Waals surface area contributed by atoms with Crippen molar-refractivity contribution >= 4 is 21.8 Å². The summed E-state index contributed by atoms with van der Waals surface area (Å²) < 4.78 is 27.2. The molecule has 7 heteroatoms. The van der Waals surface area contributed by atoms with Gasteiger partial charge in [0.1, 0.15) is 5.41 Å². The summed E-state index contributed by atoms with van der Waals surface area (Å²) in [7, 11) is 0. The van der Waals surface area contributed by atoms with Crippen LogP contribution in [-0.2, 0) is 4.79 Å². The molecule has 2 aliphatic heterocycles. The van der Waals surface area contributed by atoms with Gasteiger partial charge in [0.2, 0.25) is 0 Å². The molecule has 0 spiro atoms. The summed E-state index contributed by atoms with van der Waals surface area (Å²) in [5.74, 6) is -0.491. The predicted molar refractivity (Wildman–Crippen MR) is 71.8 cm³/mol. The molecule has 20 heavy (non-hydrogen) atoms. The van der Waals surface area contributed by atoms with Crippen LogP contribution in [0.2, 0.25) is 0 Å². The zero-order valence-corrected chi connectivity index (χ0v) is 12.5. The first-order valence-electron chi connectivity index (χ1n) is 6.40. The van der Waals surface area contributed by atoms with Crippen LogP contribution >= 0.6 is 15.9 Å². The number of aromatic nitrogens is 1. The van der Waals surface area contributed by atoms with Gasteiger partial charge in [-0.15, -0.1) is 0 Å². The first kappa shape index (κ1) is 13.9. The fourth-order valence-corrected chi connectivity index (χ4v) is 3.30. The van der Waals surface area contributed by atoms with E-state index in [2.05, 4.69) is 20.9 Å². The van der Waals surface area contributed by atoms with Crippen molar-refractivity contribution in [2.45, 2.75) is 25.8 Å². The summed E-state index contributed by atoms with van der Waals surface area (Å²) in [6.45, 7) is 2.04. The number of hydrogen-bond acceptors (Lipinski definition) is 3. The van der Waals surface area contributed by atoms with Crippen LogP contribution in [0.5, 0.6) is 0 Å². The third kappa shape index (κ3) is 1.95. The van der Waals surface area contributed by atoms with Crippen LogP contribution < -0.4 is 0 Å². The van der Waals surface area contributed by atoms with Gasteiger partial charge in [0, 0.05) is 30.0 Å². The minimum Gasteiger partial charge on any atom is -0.272 e. The molecule has 0 radical (unpaired) electrons. The lowest BCUT2D eigenvalue weighted by molar-refractivity contribution is -0.147. The fourth-order valence-electron chi connectivity index (χ4n) is 2.91. The molecule has 0 aromatic carbocycles. The second-order valence-electron chi connectivity index (χ2n) is 5.50. The molecule has 0 N–H and O–H groups in total. The van der Waals surface area contributed by atoms with Gasteiger partial charge >= 0.3 is 0 Å². The molecule has 108 valence electrons. The van der Waals surface area contributed by atoms with E-state index in [-0.39, 0.29) is 12.6 Å². The van der Waals surface area contributed by atoms with E-state index in [1.54, 1.807) is 17.4 Å². The predicted octanol–water partition coefficient (Wildman–Crippen LogP) is 2.62. The maximum atomic E-state index is 13.2. The smallest absolute Gasteiger partial charge is 0.254 e. The number of fused-ring (bicyclic) bond motifs is 1. The van der Waals surface area contributed by atoms with Crippen LogP contribution in [0.1, 0.15) is 24.9 Å². The van der Waals surface area contributed by atoms with Crippen molar-refractivity contribution in [3.8, 4) is 0 Å². The Kier molecular flexibility index (Phi) is 3.29. The number of halogens is 3. The molecule has 0 saturated carbocycles. The Morgan fingerprint density at radius 3 is 2.90 bits per heavy atom. The van der Waals surface area contributed by atoms with Crippen LogP contribution in [0.15, 0.2) is 22.9 Å². The van der Waals surface area contributed by atoms with Crippen LogP contribution in [0.3, 0.4) is 0 Å². The number of alkyl halides is 2. The molecule has 3 rings (SSSR count). The van der Waals surface area contributed by atoms with E-state index in [4.69, 9.17) is 0 Å². The van der Waals surface area contributed by atoms with E-state index in [1.807, 2.05) is 6.07 Å². The van der Waals surface area contributed by atoms with Gasteiger partial charge in [-0.05, 0) is 40.9 Å². The second-order valence-corrected chi connectivity index (χ2v) is 6.41. The largest absolute Gasteiger partial charge is 0.272 e. The normalized spacial score (nSPS) is 30.4. The Bertz CT molecular complexity index is 556. The summed E-state index contributed by atoms with van der Waals surface area (Å²) in [6, 6.07) is 1.68. The topological polar surface area (TPSA) is 36.4 Å². The summed E-state index contributed by atoms with van der Waals surface area (Å²) >= 11 is 3.34. The van der Waals surface area contributed by atoms with Crippen molar-refractivity contribution in [1.29, 1.82) is 0 Å². The van der Waals surface area contributed by atoms with Crippen LogP contribution in [0, 0.1) is 5.41 Å². The Morgan fingerprint density at radius 2 is 2.25 bits per heavy atom. The Morgan fingerprint density at radius 1 is 1.50 bits per heavy atom. The van der Waals surface area contributed by atoms with Crippen LogP contribution in [-0.4, -0.2) is 40.4 Å². The highest BCUT2D eigenvalue weighted by atomic mass is 79.9. The van der Waals surface area contributed by atoms with Gasteiger partial charge in [0.15, 0.2) is 0 Å². The standard InChI is InChI=1S/C13H14BrF2N3O/c1-13(11(15)16)7-18-3-2-10(19(18)12(13)20)8-4-9(14)6-17-5-8/h4-6,10-11H,2-3,7H2,1H3. The molecule has 1 amide bonds. The quantitative estimate of drug-likeness (QED) is 0.826. The van der Waals surface area contributed by atoms with Gasteiger partial charge in [-0.1, -0.05) is 0 Å². The maximum absolute atomic E-state index is 13.2. The van der Waals surface area contributed by atoms with E-state index in [1.165, 1.54) is 11.9 Å². The highest BCUT2D eigenvalue weighted by Gasteiger charge is 2.57. The summed E-state index contributed by atoms with van der Waals surface area (Å²) in [5.41, 5.74) is -0.730. The third-order valence-corrected chi connectivity index (χ3v) is 4.49. The minimum atomic E-state index is -2.65. The molecule has 4 nitrogen and oxygen atoms in total. The monoisotopic (exact) mass is 345 g/mol. The number of pyridine rings is 1. The van der Waals surface area contributed by atoms with E-state index in [0.29, 0.717) is 6.54 Å². The van der Waals surface area contributed by atoms with Crippen molar-refractivity contribution in [2.24, 2.45) is 5.41 Å². The molecular weight excluding hydrogens is 332 g/mol. The van der Waals surface area contributed by atoms with Gasteiger partial charge in [0.05, 0.1) is 6.04 Å². The number of carbonyl (C=O) groups is 1. The first-order valence-corrected chi connectivity index (χ1v) is 7.20. The molecule has 0 bridgehead atoms. The number of nitrogens with zero attached hydrogens (tertiary/aromatic N) is 3. The number of rotatable bonds is 2. The maximum Gasteiger partial charge on any atom is 0.254 e. The molecule has 1 aromatic rings. The fraction of sp³-hybridized carbons (Fsp3) is 0.538. The van der Waals surface area contributed by atoms with Crippen molar-refractivity contribution in [2.75, 3.05) is 13.1 Å². The molecular formula is C13H14BrF2N3O. The molecule has 2 unspecified atom stereocenters. The van der Waals surface area contributed by atoms with Gasteiger partial charge in [-0.25, -0.2) is 13.8 Å². The average molecular weight is 346 g/mol. The number of carbonyl (C=O) groups excluding carboxylic acids is 1. The SMILES string of the molecule is CC1(C(F)F)CN2CCC(c3cncc(Br)c3)N2C1=O. The first-order chi connectivity index (χ1) is 9.43. The van der Waals surface area contributed by atoms with Crippen molar-refractivity contribution < 1.29 is 13.6 Å². The van der Waals surface area contributed by atoms with Crippen molar-refractivity contribution in [3.63, 3.8) is 0 Å². The van der Waals surface area contributed by atoms with Gasteiger partial charge in [0.25, 0.3) is 12.3 Å². The lowest BCUT2D eigenvalue weighted by Crippen LogP contribution is -2.39. The average Bonchev–Trinajstić information content (AvgIpc) is 2.90. The van der Waals surface area contributed by atoms with Gasteiger partial charge in [-0.2, -0.15) is 0 Å². The molecule has 2 fully saturated rings. The zero-order valence-electron chi connectivity index (χ0n) is 10.9. The highest BCUT2D eigenvalue weighted by molar-refractivity contribution is 9.10. The number of hydrogen-bond donors (Lipinski definition) is 0. The molecule has 1 aromatic heterocycles. The van der Waals surface area contributed by atoms with Crippen LogP contribution in [0.25, 0.3) is 0 Å². The minimum absolute atomic E-state index is 0.0848. The van der Waals surface area contributed by atoms with E-state index < -0.39 is 17.7 Å². The van der Waals surface area contributed by atoms with Gasteiger partial charge in [-0.3, -0.25) is 14.8 Å². The molecule has 0 aliphatic carbocycles. The van der Waals surface area contributed by atoms with E-state index >= 15 is 0 Å². The summed E-state index contributed by atoms with van der Waals surface area (Å²) in [5, 5.41) is 3.23. The zero-order chi connectivity index (χ0) is 14.5.